The standard InChI is InChI=1S/C14H22N2/c1-11(2)13-5-8-16(9-6-13)14-4-7-15-12(3)10-14/h4,7,10-11,13H,5-6,8-9H2,1-3H3. The zero-order valence-electron chi connectivity index (χ0n) is 10.6. The summed E-state index contributed by atoms with van der Waals surface area (Å²) in [4.78, 5) is 6.74. The van der Waals surface area contributed by atoms with Gasteiger partial charge in [-0.3, -0.25) is 4.98 Å². The Kier molecular flexibility index (Phi) is 3.47. The summed E-state index contributed by atoms with van der Waals surface area (Å²) in [5.74, 6) is 1.75. The zero-order chi connectivity index (χ0) is 11.5. The highest BCUT2D eigenvalue weighted by molar-refractivity contribution is 5.46. The average Bonchev–Trinajstić information content (AvgIpc) is 2.29. The quantitative estimate of drug-likeness (QED) is 0.757. The Morgan fingerprint density at radius 3 is 2.56 bits per heavy atom. The van der Waals surface area contributed by atoms with Crippen LogP contribution < -0.4 is 4.90 Å². The first-order valence-electron chi connectivity index (χ1n) is 6.34. The van der Waals surface area contributed by atoms with E-state index in [1.165, 1.54) is 31.6 Å². The lowest BCUT2D eigenvalue weighted by Gasteiger charge is -2.35. The summed E-state index contributed by atoms with van der Waals surface area (Å²) in [6, 6.07) is 4.32. The van der Waals surface area contributed by atoms with E-state index in [1.807, 2.05) is 6.20 Å². The zero-order valence-corrected chi connectivity index (χ0v) is 10.6. The summed E-state index contributed by atoms with van der Waals surface area (Å²) >= 11 is 0. The van der Waals surface area contributed by atoms with Crippen molar-refractivity contribution in [2.75, 3.05) is 18.0 Å². The molecule has 1 aliphatic heterocycles. The number of aromatic nitrogens is 1. The van der Waals surface area contributed by atoms with Crippen molar-refractivity contribution in [3.63, 3.8) is 0 Å². The lowest BCUT2D eigenvalue weighted by atomic mass is 9.86. The molecule has 0 radical (unpaired) electrons. The van der Waals surface area contributed by atoms with Gasteiger partial charge in [0.2, 0.25) is 0 Å². The molecule has 1 fully saturated rings. The monoisotopic (exact) mass is 218 g/mol. The third-order valence-electron chi connectivity index (χ3n) is 3.73. The van der Waals surface area contributed by atoms with Crippen LogP contribution >= 0.6 is 0 Å². The van der Waals surface area contributed by atoms with Crippen LogP contribution in [0.2, 0.25) is 0 Å². The minimum atomic E-state index is 0.835. The summed E-state index contributed by atoms with van der Waals surface area (Å²) in [7, 11) is 0. The average molecular weight is 218 g/mol. The summed E-state index contributed by atoms with van der Waals surface area (Å²) in [6.45, 7) is 9.15. The van der Waals surface area contributed by atoms with E-state index in [2.05, 4.69) is 42.8 Å². The number of rotatable bonds is 2. The Morgan fingerprint density at radius 1 is 1.31 bits per heavy atom. The maximum Gasteiger partial charge on any atom is 0.0399 e. The number of hydrogen-bond acceptors (Lipinski definition) is 2. The summed E-state index contributed by atoms with van der Waals surface area (Å²) in [5, 5.41) is 0. The highest BCUT2D eigenvalue weighted by atomic mass is 15.1. The molecule has 0 bridgehead atoms. The first-order chi connectivity index (χ1) is 7.66. The maximum atomic E-state index is 4.25. The normalized spacial score (nSPS) is 18.1. The Morgan fingerprint density at radius 2 is 2.00 bits per heavy atom. The molecule has 0 N–H and O–H groups in total. The van der Waals surface area contributed by atoms with Gasteiger partial charge in [-0.1, -0.05) is 13.8 Å². The third-order valence-corrected chi connectivity index (χ3v) is 3.73. The van der Waals surface area contributed by atoms with Crippen molar-refractivity contribution in [2.24, 2.45) is 11.8 Å². The predicted octanol–water partition coefficient (Wildman–Crippen LogP) is 3.26. The predicted molar refractivity (Wildman–Crippen MR) is 68.7 cm³/mol. The lowest BCUT2D eigenvalue weighted by molar-refractivity contribution is 0.311. The van der Waals surface area contributed by atoms with Crippen molar-refractivity contribution in [3.8, 4) is 0 Å². The number of piperidine rings is 1. The van der Waals surface area contributed by atoms with Crippen LogP contribution in [-0.2, 0) is 0 Å². The van der Waals surface area contributed by atoms with E-state index < -0.39 is 0 Å². The van der Waals surface area contributed by atoms with Gasteiger partial charge in [-0.05, 0) is 43.7 Å². The van der Waals surface area contributed by atoms with E-state index in [1.54, 1.807) is 0 Å². The van der Waals surface area contributed by atoms with Gasteiger partial charge in [-0.15, -0.1) is 0 Å². The van der Waals surface area contributed by atoms with E-state index >= 15 is 0 Å². The molecule has 2 heteroatoms. The van der Waals surface area contributed by atoms with Gasteiger partial charge in [0, 0.05) is 30.7 Å². The molecule has 1 aliphatic rings. The number of pyridine rings is 1. The fourth-order valence-corrected chi connectivity index (χ4v) is 2.55. The molecule has 1 aromatic rings. The van der Waals surface area contributed by atoms with Gasteiger partial charge in [0.25, 0.3) is 0 Å². The van der Waals surface area contributed by atoms with Crippen LogP contribution in [0.1, 0.15) is 32.4 Å². The molecule has 2 heterocycles. The third kappa shape index (κ3) is 2.55. The van der Waals surface area contributed by atoms with Gasteiger partial charge in [0.1, 0.15) is 0 Å². The van der Waals surface area contributed by atoms with Crippen molar-refractivity contribution in [2.45, 2.75) is 33.6 Å². The lowest BCUT2D eigenvalue weighted by Crippen LogP contribution is -2.35. The molecule has 0 saturated carbocycles. The molecular formula is C14H22N2. The highest BCUT2D eigenvalue weighted by Crippen LogP contribution is 2.27. The Hall–Kier alpha value is -1.05. The molecule has 0 amide bonds. The SMILES string of the molecule is Cc1cc(N2CCC(C(C)C)CC2)ccn1. The Balaban J connectivity index is 1.99. The number of aryl methyl sites for hydroxylation is 1. The fourth-order valence-electron chi connectivity index (χ4n) is 2.55. The van der Waals surface area contributed by atoms with Crippen LogP contribution in [0.4, 0.5) is 5.69 Å². The number of anilines is 1. The van der Waals surface area contributed by atoms with Gasteiger partial charge in [0.05, 0.1) is 0 Å². The largest absolute Gasteiger partial charge is 0.371 e. The van der Waals surface area contributed by atoms with Gasteiger partial charge in [-0.2, -0.15) is 0 Å². The second kappa shape index (κ2) is 4.86. The van der Waals surface area contributed by atoms with E-state index in [4.69, 9.17) is 0 Å². The second-order valence-corrected chi connectivity index (χ2v) is 5.22. The molecule has 1 saturated heterocycles. The molecule has 16 heavy (non-hydrogen) atoms. The van der Waals surface area contributed by atoms with Gasteiger partial charge in [-0.25, -0.2) is 0 Å². The van der Waals surface area contributed by atoms with Crippen LogP contribution in [0.15, 0.2) is 18.3 Å². The minimum absolute atomic E-state index is 0.835. The van der Waals surface area contributed by atoms with E-state index in [9.17, 15) is 0 Å². The Bertz CT molecular complexity index is 338. The summed E-state index contributed by atoms with van der Waals surface area (Å²) < 4.78 is 0. The number of nitrogens with zero attached hydrogens (tertiary/aromatic N) is 2. The van der Waals surface area contributed by atoms with E-state index in [-0.39, 0.29) is 0 Å². The first-order valence-corrected chi connectivity index (χ1v) is 6.34. The number of hydrogen-bond donors (Lipinski definition) is 0. The molecule has 1 aromatic heterocycles. The molecule has 88 valence electrons. The van der Waals surface area contributed by atoms with Crippen molar-refractivity contribution in [1.82, 2.24) is 4.98 Å². The van der Waals surface area contributed by atoms with Gasteiger partial charge in [0.15, 0.2) is 0 Å². The van der Waals surface area contributed by atoms with Crippen molar-refractivity contribution < 1.29 is 0 Å². The van der Waals surface area contributed by atoms with Crippen LogP contribution in [0, 0.1) is 18.8 Å². The van der Waals surface area contributed by atoms with Crippen LogP contribution in [0.3, 0.4) is 0 Å². The first kappa shape index (κ1) is 11.4. The van der Waals surface area contributed by atoms with Crippen molar-refractivity contribution in [1.29, 1.82) is 0 Å². The summed E-state index contributed by atoms with van der Waals surface area (Å²) in [6.07, 6.45) is 4.58. The molecule has 2 rings (SSSR count). The molecule has 0 spiro atoms. The second-order valence-electron chi connectivity index (χ2n) is 5.22. The smallest absolute Gasteiger partial charge is 0.0399 e. The topological polar surface area (TPSA) is 16.1 Å². The molecule has 0 atom stereocenters. The molecule has 2 nitrogen and oxygen atoms in total. The van der Waals surface area contributed by atoms with Crippen LogP contribution in [-0.4, -0.2) is 18.1 Å². The highest BCUT2D eigenvalue weighted by Gasteiger charge is 2.21. The van der Waals surface area contributed by atoms with Crippen LogP contribution in [0.5, 0.6) is 0 Å². The molecule has 0 aromatic carbocycles. The van der Waals surface area contributed by atoms with Crippen molar-refractivity contribution in [3.05, 3.63) is 24.0 Å². The molecule has 0 aliphatic carbocycles. The minimum Gasteiger partial charge on any atom is -0.371 e. The maximum absolute atomic E-state index is 4.25. The van der Waals surface area contributed by atoms with E-state index in [0.29, 0.717) is 0 Å². The van der Waals surface area contributed by atoms with E-state index in [0.717, 1.165) is 17.5 Å². The van der Waals surface area contributed by atoms with Gasteiger partial charge >= 0.3 is 0 Å². The van der Waals surface area contributed by atoms with Crippen LogP contribution in [0.25, 0.3) is 0 Å². The summed E-state index contributed by atoms with van der Waals surface area (Å²) in [5.41, 5.74) is 2.46. The van der Waals surface area contributed by atoms with Crippen molar-refractivity contribution >= 4 is 5.69 Å². The molecule has 0 unspecified atom stereocenters. The fraction of sp³-hybridized carbons (Fsp3) is 0.643. The van der Waals surface area contributed by atoms with Gasteiger partial charge < -0.3 is 4.90 Å². The Labute approximate surface area is 98.7 Å². The molecular weight excluding hydrogens is 196 g/mol.